The van der Waals surface area contributed by atoms with E-state index >= 15 is 0 Å². The van der Waals surface area contributed by atoms with Crippen LogP contribution in [0.3, 0.4) is 0 Å². The van der Waals surface area contributed by atoms with Crippen molar-refractivity contribution in [2.75, 3.05) is 13.7 Å². The lowest BCUT2D eigenvalue weighted by atomic mass is 9.85. The van der Waals surface area contributed by atoms with Crippen molar-refractivity contribution in [1.82, 2.24) is 5.32 Å². The fourth-order valence-electron chi connectivity index (χ4n) is 2.25. The zero-order valence-corrected chi connectivity index (χ0v) is 9.76. The number of ether oxygens (including phenoxy) is 1. The Morgan fingerprint density at radius 1 is 1.33 bits per heavy atom. The Bertz CT molecular complexity index is 358. The van der Waals surface area contributed by atoms with Crippen LogP contribution < -0.4 is 10.1 Å². The molecule has 2 heteroatoms. The van der Waals surface area contributed by atoms with Crippen molar-refractivity contribution in [3.05, 3.63) is 29.3 Å². The molecule has 1 N–H and O–H groups in total. The fourth-order valence-corrected chi connectivity index (χ4v) is 2.25. The van der Waals surface area contributed by atoms with Crippen LogP contribution in [-0.4, -0.2) is 13.7 Å². The molecule has 1 aromatic carbocycles. The second-order valence-electron chi connectivity index (χ2n) is 5.04. The summed E-state index contributed by atoms with van der Waals surface area (Å²) in [5, 5.41) is 3.49. The van der Waals surface area contributed by atoms with Gasteiger partial charge < -0.3 is 10.1 Å². The molecule has 0 fully saturated rings. The molecule has 0 spiro atoms. The van der Waals surface area contributed by atoms with Gasteiger partial charge in [-0.3, -0.25) is 0 Å². The van der Waals surface area contributed by atoms with Crippen LogP contribution in [0.1, 0.15) is 25.0 Å². The minimum Gasteiger partial charge on any atom is -0.496 e. The van der Waals surface area contributed by atoms with E-state index in [2.05, 4.69) is 37.4 Å². The van der Waals surface area contributed by atoms with Gasteiger partial charge in [0.15, 0.2) is 0 Å². The van der Waals surface area contributed by atoms with E-state index in [1.54, 1.807) is 7.11 Å². The third kappa shape index (κ3) is 2.15. The van der Waals surface area contributed by atoms with E-state index in [0.717, 1.165) is 25.3 Å². The molecule has 0 atom stereocenters. The molecule has 0 aliphatic carbocycles. The first-order chi connectivity index (χ1) is 7.12. The Morgan fingerprint density at radius 3 is 2.87 bits per heavy atom. The van der Waals surface area contributed by atoms with Crippen LogP contribution in [0, 0.1) is 5.41 Å². The Hall–Kier alpha value is -1.02. The summed E-state index contributed by atoms with van der Waals surface area (Å²) in [7, 11) is 1.75. The first-order valence-electron chi connectivity index (χ1n) is 5.48. The van der Waals surface area contributed by atoms with Gasteiger partial charge in [-0.1, -0.05) is 26.0 Å². The van der Waals surface area contributed by atoms with Crippen LogP contribution in [-0.2, 0) is 13.0 Å². The Balaban J connectivity index is 2.43. The molecular weight excluding hydrogens is 186 g/mol. The highest BCUT2D eigenvalue weighted by atomic mass is 16.5. The molecule has 0 amide bonds. The number of benzene rings is 1. The number of fused-ring (bicyclic) bond motifs is 1. The quantitative estimate of drug-likeness (QED) is 0.760. The molecule has 15 heavy (non-hydrogen) atoms. The van der Waals surface area contributed by atoms with Crippen LogP contribution in [0.5, 0.6) is 5.75 Å². The zero-order valence-electron chi connectivity index (χ0n) is 9.76. The molecule has 0 unspecified atom stereocenters. The molecule has 82 valence electrons. The number of nitrogens with one attached hydrogen (secondary N) is 1. The lowest BCUT2D eigenvalue weighted by molar-refractivity contribution is 0.341. The minimum absolute atomic E-state index is 0.305. The maximum atomic E-state index is 5.43. The van der Waals surface area contributed by atoms with E-state index in [9.17, 15) is 0 Å². The predicted molar refractivity (Wildman–Crippen MR) is 62.2 cm³/mol. The van der Waals surface area contributed by atoms with Crippen molar-refractivity contribution < 1.29 is 4.74 Å². The molecule has 1 aliphatic heterocycles. The smallest absolute Gasteiger partial charge is 0.122 e. The van der Waals surface area contributed by atoms with Crippen LogP contribution in [0.2, 0.25) is 0 Å². The van der Waals surface area contributed by atoms with Crippen molar-refractivity contribution in [3.8, 4) is 5.75 Å². The van der Waals surface area contributed by atoms with E-state index in [1.807, 2.05) is 0 Å². The maximum absolute atomic E-state index is 5.43. The normalized spacial score (nSPS) is 19.1. The van der Waals surface area contributed by atoms with Gasteiger partial charge >= 0.3 is 0 Å². The molecule has 0 saturated carbocycles. The minimum atomic E-state index is 0.305. The van der Waals surface area contributed by atoms with E-state index in [-0.39, 0.29) is 0 Å². The summed E-state index contributed by atoms with van der Waals surface area (Å²) in [6.45, 7) is 6.60. The van der Waals surface area contributed by atoms with Gasteiger partial charge in [0.25, 0.3) is 0 Å². The topological polar surface area (TPSA) is 21.3 Å². The zero-order chi connectivity index (χ0) is 10.9. The van der Waals surface area contributed by atoms with Gasteiger partial charge in [0.1, 0.15) is 5.75 Å². The van der Waals surface area contributed by atoms with Gasteiger partial charge in [0.05, 0.1) is 7.11 Å². The van der Waals surface area contributed by atoms with Crippen molar-refractivity contribution in [2.45, 2.75) is 26.8 Å². The largest absolute Gasteiger partial charge is 0.496 e. The summed E-state index contributed by atoms with van der Waals surface area (Å²) < 4.78 is 5.43. The summed E-state index contributed by atoms with van der Waals surface area (Å²) in [5.41, 5.74) is 3.05. The highest BCUT2D eigenvalue weighted by Gasteiger charge is 2.24. The van der Waals surface area contributed by atoms with E-state index in [0.29, 0.717) is 5.41 Å². The highest BCUT2D eigenvalue weighted by Crippen LogP contribution is 2.32. The molecule has 0 bridgehead atoms. The number of methoxy groups -OCH3 is 1. The number of rotatable bonds is 1. The molecule has 1 aliphatic rings. The van der Waals surface area contributed by atoms with Crippen molar-refractivity contribution >= 4 is 0 Å². The summed E-state index contributed by atoms with van der Waals surface area (Å²) >= 11 is 0. The average Bonchev–Trinajstić information content (AvgIpc) is 2.34. The molecule has 0 aromatic heterocycles. The van der Waals surface area contributed by atoms with Crippen molar-refractivity contribution in [1.29, 1.82) is 0 Å². The molecule has 2 rings (SSSR count). The van der Waals surface area contributed by atoms with Crippen LogP contribution in [0.25, 0.3) is 0 Å². The van der Waals surface area contributed by atoms with Gasteiger partial charge in [-0.25, -0.2) is 0 Å². The van der Waals surface area contributed by atoms with Crippen molar-refractivity contribution in [2.24, 2.45) is 5.41 Å². The van der Waals surface area contributed by atoms with Crippen LogP contribution >= 0.6 is 0 Å². The van der Waals surface area contributed by atoms with E-state index in [1.165, 1.54) is 11.1 Å². The first kappa shape index (κ1) is 10.5. The lowest BCUT2D eigenvalue weighted by Crippen LogP contribution is -2.27. The van der Waals surface area contributed by atoms with E-state index in [4.69, 9.17) is 4.74 Å². The number of hydrogen-bond donors (Lipinski definition) is 1. The summed E-state index contributed by atoms with van der Waals surface area (Å²) in [5.74, 6) is 1.03. The van der Waals surface area contributed by atoms with Gasteiger partial charge in [-0.05, 0) is 29.0 Å². The predicted octanol–water partition coefficient (Wildman–Crippen LogP) is 2.37. The maximum Gasteiger partial charge on any atom is 0.122 e. The second-order valence-corrected chi connectivity index (χ2v) is 5.04. The first-order valence-corrected chi connectivity index (χ1v) is 5.48. The Morgan fingerprint density at radius 2 is 2.13 bits per heavy atom. The fraction of sp³-hybridized carbons (Fsp3) is 0.538. The summed E-state index contributed by atoms with van der Waals surface area (Å²) in [6.07, 6.45) is 1.08. The SMILES string of the molecule is COc1cccc2c1CC(C)(C)CNC2. The van der Waals surface area contributed by atoms with Crippen LogP contribution in [0.4, 0.5) is 0 Å². The molecule has 1 aromatic rings. The Kier molecular flexibility index (Phi) is 2.70. The number of hydrogen-bond acceptors (Lipinski definition) is 2. The molecule has 2 nitrogen and oxygen atoms in total. The monoisotopic (exact) mass is 205 g/mol. The highest BCUT2D eigenvalue weighted by molar-refractivity contribution is 5.41. The third-order valence-corrected chi connectivity index (χ3v) is 3.02. The van der Waals surface area contributed by atoms with Gasteiger partial charge in [0, 0.05) is 13.1 Å². The molecule has 0 radical (unpaired) electrons. The Labute approximate surface area is 91.6 Å². The van der Waals surface area contributed by atoms with Gasteiger partial charge in [-0.15, -0.1) is 0 Å². The van der Waals surface area contributed by atoms with Gasteiger partial charge in [-0.2, -0.15) is 0 Å². The summed E-state index contributed by atoms with van der Waals surface area (Å²) in [4.78, 5) is 0. The average molecular weight is 205 g/mol. The summed E-state index contributed by atoms with van der Waals surface area (Å²) in [6, 6.07) is 6.31. The van der Waals surface area contributed by atoms with E-state index < -0.39 is 0 Å². The van der Waals surface area contributed by atoms with Crippen molar-refractivity contribution in [3.63, 3.8) is 0 Å². The van der Waals surface area contributed by atoms with Crippen LogP contribution in [0.15, 0.2) is 18.2 Å². The van der Waals surface area contributed by atoms with Gasteiger partial charge in [0.2, 0.25) is 0 Å². The molecule has 1 heterocycles. The molecule has 0 saturated heterocycles. The lowest BCUT2D eigenvalue weighted by Gasteiger charge is -2.23. The molecular formula is C13H19NO. The third-order valence-electron chi connectivity index (χ3n) is 3.02. The standard InChI is InChI=1S/C13H19NO/c1-13(2)7-11-10(8-14-9-13)5-4-6-12(11)15-3/h4-6,14H,7-9H2,1-3H3. The second kappa shape index (κ2) is 3.86.